The minimum atomic E-state index is -3.63. The van der Waals surface area contributed by atoms with Crippen LogP contribution < -0.4 is 0 Å². The van der Waals surface area contributed by atoms with Crippen molar-refractivity contribution in [1.82, 2.24) is 4.31 Å². The van der Waals surface area contributed by atoms with E-state index in [2.05, 4.69) is 0 Å². The molecule has 0 radical (unpaired) electrons. The van der Waals surface area contributed by atoms with Gasteiger partial charge in [-0.1, -0.05) is 24.3 Å². The first kappa shape index (κ1) is 13.3. The summed E-state index contributed by atoms with van der Waals surface area (Å²) >= 11 is 0.940. The zero-order valence-electron chi connectivity index (χ0n) is 10.3. The van der Waals surface area contributed by atoms with Gasteiger partial charge in [-0.15, -0.1) is 11.3 Å². The van der Waals surface area contributed by atoms with Gasteiger partial charge in [-0.3, -0.25) is 0 Å². The van der Waals surface area contributed by atoms with Crippen LogP contribution in [0, 0.1) is 0 Å². The third-order valence-corrected chi connectivity index (χ3v) is 6.44. The van der Waals surface area contributed by atoms with Crippen molar-refractivity contribution in [3.8, 4) is 0 Å². The summed E-state index contributed by atoms with van der Waals surface area (Å²) < 4.78 is 26.4. The van der Waals surface area contributed by atoms with Crippen molar-refractivity contribution in [3.05, 3.63) is 52.4 Å². The SMILES string of the molecule is O=C(O)c1csc(S(=O)(=O)N2Cc3ccccc3C2)c1. The van der Waals surface area contributed by atoms with Gasteiger partial charge in [0.15, 0.2) is 0 Å². The number of hydrogen-bond donors (Lipinski definition) is 1. The Hall–Kier alpha value is -1.70. The highest BCUT2D eigenvalue weighted by molar-refractivity contribution is 7.91. The number of sulfonamides is 1. The Morgan fingerprint density at radius 2 is 1.80 bits per heavy atom. The molecule has 0 spiro atoms. The number of aromatic carboxylic acids is 1. The van der Waals surface area contributed by atoms with Crippen molar-refractivity contribution < 1.29 is 18.3 Å². The first-order valence-electron chi connectivity index (χ1n) is 5.87. The number of nitrogens with zero attached hydrogens (tertiary/aromatic N) is 1. The van der Waals surface area contributed by atoms with Crippen LogP contribution in [0.15, 0.2) is 39.9 Å². The van der Waals surface area contributed by atoms with Gasteiger partial charge in [0.2, 0.25) is 0 Å². The molecular weight excluding hydrogens is 298 g/mol. The average molecular weight is 309 g/mol. The maximum Gasteiger partial charge on any atom is 0.336 e. The zero-order valence-corrected chi connectivity index (χ0v) is 11.9. The number of hydrogen-bond acceptors (Lipinski definition) is 4. The first-order valence-corrected chi connectivity index (χ1v) is 8.19. The fraction of sp³-hybridized carbons (Fsp3) is 0.154. The molecule has 20 heavy (non-hydrogen) atoms. The second kappa shape index (κ2) is 4.69. The van der Waals surface area contributed by atoms with Gasteiger partial charge < -0.3 is 5.11 Å². The lowest BCUT2D eigenvalue weighted by molar-refractivity contribution is 0.0697. The highest BCUT2D eigenvalue weighted by atomic mass is 32.2. The van der Waals surface area contributed by atoms with Gasteiger partial charge in [-0.2, -0.15) is 4.31 Å². The standard InChI is InChI=1S/C13H11NO4S2/c15-13(16)11-5-12(19-8-11)20(17,18)14-6-9-3-1-2-4-10(9)7-14/h1-5,8H,6-7H2,(H,15,16). The van der Waals surface area contributed by atoms with E-state index in [0.717, 1.165) is 22.5 Å². The fourth-order valence-electron chi connectivity index (χ4n) is 2.16. The number of thiophene rings is 1. The Balaban J connectivity index is 1.92. The van der Waals surface area contributed by atoms with E-state index in [1.165, 1.54) is 15.8 Å². The lowest BCUT2D eigenvalue weighted by Crippen LogP contribution is -2.24. The largest absolute Gasteiger partial charge is 0.478 e. The molecule has 3 rings (SSSR count). The Bertz CT molecular complexity index is 754. The van der Waals surface area contributed by atoms with E-state index in [-0.39, 0.29) is 9.77 Å². The number of benzene rings is 1. The van der Waals surface area contributed by atoms with E-state index in [1.807, 2.05) is 24.3 Å². The predicted molar refractivity (Wildman–Crippen MR) is 74.2 cm³/mol. The number of carboxylic acids is 1. The molecule has 1 aliphatic heterocycles. The van der Waals surface area contributed by atoms with Gasteiger partial charge in [0.1, 0.15) is 4.21 Å². The highest BCUT2D eigenvalue weighted by Gasteiger charge is 2.31. The molecule has 1 aromatic heterocycles. The van der Waals surface area contributed by atoms with E-state index >= 15 is 0 Å². The maximum absolute atomic E-state index is 12.5. The first-order chi connectivity index (χ1) is 9.48. The quantitative estimate of drug-likeness (QED) is 0.942. The molecule has 0 amide bonds. The summed E-state index contributed by atoms with van der Waals surface area (Å²) in [7, 11) is -3.63. The summed E-state index contributed by atoms with van der Waals surface area (Å²) in [5.41, 5.74) is 1.99. The average Bonchev–Trinajstić information content (AvgIpc) is 3.06. The molecule has 1 aliphatic rings. The number of fused-ring (bicyclic) bond motifs is 1. The highest BCUT2D eigenvalue weighted by Crippen LogP contribution is 2.31. The van der Waals surface area contributed by atoms with Gasteiger partial charge in [0.05, 0.1) is 5.56 Å². The molecule has 2 aromatic rings. The van der Waals surface area contributed by atoms with Crippen LogP contribution in [0.5, 0.6) is 0 Å². The molecule has 0 saturated heterocycles. The maximum atomic E-state index is 12.5. The van der Waals surface area contributed by atoms with Gasteiger partial charge in [-0.05, 0) is 17.2 Å². The molecule has 1 aromatic carbocycles. The molecule has 0 aliphatic carbocycles. The topological polar surface area (TPSA) is 74.7 Å². The van der Waals surface area contributed by atoms with Crippen molar-refractivity contribution in [2.24, 2.45) is 0 Å². The van der Waals surface area contributed by atoms with Crippen LogP contribution in [0.4, 0.5) is 0 Å². The minimum Gasteiger partial charge on any atom is -0.478 e. The molecule has 1 N–H and O–H groups in total. The second-order valence-corrected chi connectivity index (χ2v) is 7.58. The minimum absolute atomic E-state index is 0.00489. The molecule has 0 atom stereocenters. The van der Waals surface area contributed by atoms with Gasteiger partial charge in [0, 0.05) is 18.5 Å². The Kier molecular flexibility index (Phi) is 3.12. The van der Waals surface area contributed by atoms with E-state index < -0.39 is 16.0 Å². The van der Waals surface area contributed by atoms with Crippen molar-refractivity contribution in [2.45, 2.75) is 17.3 Å². The van der Waals surface area contributed by atoms with Crippen LogP contribution in [0.2, 0.25) is 0 Å². The number of rotatable bonds is 3. The van der Waals surface area contributed by atoms with Crippen LogP contribution in [0.3, 0.4) is 0 Å². The third kappa shape index (κ3) is 2.13. The molecular formula is C13H11NO4S2. The molecule has 2 heterocycles. The summed E-state index contributed by atoms with van der Waals surface area (Å²) in [6, 6.07) is 8.78. The van der Waals surface area contributed by atoms with E-state index in [4.69, 9.17) is 5.11 Å². The second-order valence-electron chi connectivity index (χ2n) is 4.50. The Morgan fingerprint density at radius 1 is 1.20 bits per heavy atom. The smallest absolute Gasteiger partial charge is 0.336 e. The Labute approximate surface area is 120 Å². The molecule has 5 nitrogen and oxygen atoms in total. The number of carboxylic acid groups (broad SMARTS) is 1. The van der Waals surface area contributed by atoms with Gasteiger partial charge >= 0.3 is 5.97 Å². The summed E-state index contributed by atoms with van der Waals surface area (Å²) in [6.07, 6.45) is 0. The summed E-state index contributed by atoms with van der Waals surface area (Å²) in [5.74, 6) is -1.12. The molecule has 0 fully saturated rings. The van der Waals surface area contributed by atoms with E-state index in [9.17, 15) is 13.2 Å². The summed E-state index contributed by atoms with van der Waals surface area (Å²) in [5, 5.41) is 10.2. The van der Waals surface area contributed by atoms with Gasteiger partial charge in [0.25, 0.3) is 10.0 Å². The molecule has 0 bridgehead atoms. The van der Waals surface area contributed by atoms with Crippen molar-refractivity contribution >= 4 is 27.3 Å². The van der Waals surface area contributed by atoms with E-state index in [0.29, 0.717) is 13.1 Å². The lowest BCUT2D eigenvalue weighted by atomic mass is 10.1. The molecule has 7 heteroatoms. The van der Waals surface area contributed by atoms with Crippen LogP contribution in [0.25, 0.3) is 0 Å². The number of carbonyl (C=O) groups is 1. The normalized spacial score (nSPS) is 15.2. The monoisotopic (exact) mass is 309 g/mol. The lowest BCUT2D eigenvalue weighted by Gasteiger charge is -2.13. The zero-order chi connectivity index (χ0) is 14.3. The third-order valence-electron chi connectivity index (χ3n) is 3.23. The summed E-state index contributed by atoms with van der Waals surface area (Å²) in [4.78, 5) is 10.8. The van der Waals surface area contributed by atoms with Crippen molar-refractivity contribution in [2.75, 3.05) is 0 Å². The van der Waals surface area contributed by atoms with Crippen LogP contribution in [0.1, 0.15) is 21.5 Å². The van der Waals surface area contributed by atoms with E-state index in [1.54, 1.807) is 0 Å². The fourth-order valence-corrected chi connectivity index (χ4v) is 4.87. The van der Waals surface area contributed by atoms with Crippen LogP contribution in [-0.2, 0) is 23.1 Å². The summed E-state index contributed by atoms with van der Waals surface area (Å²) in [6.45, 7) is 0.664. The predicted octanol–water partition coefficient (Wildman–Crippen LogP) is 2.15. The molecule has 104 valence electrons. The van der Waals surface area contributed by atoms with Crippen molar-refractivity contribution in [3.63, 3.8) is 0 Å². The molecule has 0 unspecified atom stereocenters. The van der Waals surface area contributed by atoms with Crippen molar-refractivity contribution in [1.29, 1.82) is 0 Å². The van der Waals surface area contributed by atoms with Gasteiger partial charge in [-0.25, -0.2) is 13.2 Å². The molecule has 0 saturated carbocycles. The Morgan fingerprint density at radius 3 is 2.30 bits per heavy atom. The van der Waals surface area contributed by atoms with Crippen LogP contribution >= 0.6 is 11.3 Å². The van der Waals surface area contributed by atoms with Crippen LogP contribution in [-0.4, -0.2) is 23.8 Å².